The van der Waals surface area contributed by atoms with Crippen molar-refractivity contribution in [3.8, 4) is 0 Å². The van der Waals surface area contributed by atoms with Crippen LogP contribution in [0.2, 0.25) is 0 Å². The number of imidazole rings is 1. The van der Waals surface area contributed by atoms with Crippen LogP contribution in [0.25, 0.3) is 11.0 Å². The maximum Gasteiger partial charge on any atom is 0.189 e. The van der Waals surface area contributed by atoms with E-state index in [0.717, 1.165) is 17.5 Å². The number of nitrogens with two attached hydrogens (primary N) is 1. The number of nitrogens with zero attached hydrogens (tertiary/aromatic N) is 3. The van der Waals surface area contributed by atoms with Crippen LogP contribution in [0.1, 0.15) is 51.0 Å². The third-order valence-electron chi connectivity index (χ3n) is 3.92. The van der Waals surface area contributed by atoms with Crippen LogP contribution >= 0.6 is 0 Å². The largest absolute Gasteiger partial charge is 0.370 e. The molecule has 5 nitrogen and oxygen atoms in total. The van der Waals surface area contributed by atoms with Gasteiger partial charge in [-0.15, -0.1) is 0 Å². The molecular weight excluding hydrogens is 274 g/mol. The van der Waals surface area contributed by atoms with Gasteiger partial charge < -0.3 is 15.6 Å². The molecule has 1 heterocycles. The number of benzene rings is 1. The smallest absolute Gasteiger partial charge is 0.189 e. The zero-order valence-corrected chi connectivity index (χ0v) is 13.6. The van der Waals surface area contributed by atoms with E-state index in [1.807, 2.05) is 13.8 Å². The molecule has 0 bridgehead atoms. The van der Waals surface area contributed by atoms with Crippen LogP contribution in [0.3, 0.4) is 0 Å². The summed E-state index contributed by atoms with van der Waals surface area (Å²) in [5.41, 5.74) is 9.32. The number of aromatic nitrogens is 2. The zero-order chi connectivity index (χ0) is 15.7. The van der Waals surface area contributed by atoms with Crippen LogP contribution in [0.15, 0.2) is 23.2 Å². The first-order valence-electron chi connectivity index (χ1n) is 8.14. The quantitative estimate of drug-likeness (QED) is 0.659. The molecule has 0 atom stereocenters. The van der Waals surface area contributed by atoms with Gasteiger partial charge in [0.2, 0.25) is 0 Å². The second-order valence-corrected chi connectivity index (χ2v) is 6.31. The number of rotatable bonds is 5. The average molecular weight is 299 g/mol. The van der Waals surface area contributed by atoms with Gasteiger partial charge in [-0.1, -0.05) is 13.0 Å². The van der Waals surface area contributed by atoms with E-state index in [-0.39, 0.29) is 0 Å². The Labute approximate surface area is 131 Å². The lowest BCUT2D eigenvalue weighted by atomic mass is 10.2. The van der Waals surface area contributed by atoms with Crippen molar-refractivity contribution in [2.45, 2.75) is 58.7 Å². The van der Waals surface area contributed by atoms with Gasteiger partial charge in [-0.2, -0.15) is 0 Å². The number of aryl methyl sites for hydroxylation is 1. The summed E-state index contributed by atoms with van der Waals surface area (Å²) in [6, 6.07) is 7.41. The number of hydrogen-bond donors (Lipinski definition) is 2. The second kappa shape index (κ2) is 5.99. The molecule has 1 saturated carbocycles. The molecular formula is C17H25N5. The van der Waals surface area contributed by atoms with Crippen molar-refractivity contribution in [3.63, 3.8) is 0 Å². The van der Waals surface area contributed by atoms with Gasteiger partial charge in [0.15, 0.2) is 5.96 Å². The topological polar surface area (TPSA) is 68.2 Å². The summed E-state index contributed by atoms with van der Waals surface area (Å²) in [6.45, 7) is 6.85. The fourth-order valence-electron chi connectivity index (χ4n) is 2.80. The summed E-state index contributed by atoms with van der Waals surface area (Å²) in [4.78, 5) is 9.18. The van der Waals surface area contributed by atoms with E-state index in [4.69, 9.17) is 10.7 Å². The maximum absolute atomic E-state index is 5.85. The van der Waals surface area contributed by atoms with Crippen LogP contribution < -0.4 is 11.1 Å². The van der Waals surface area contributed by atoms with Gasteiger partial charge in [0.05, 0.1) is 17.6 Å². The van der Waals surface area contributed by atoms with E-state index in [1.54, 1.807) is 0 Å². The summed E-state index contributed by atoms with van der Waals surface area (Å²) in [5.74, 6) is 1.69. The Hall–Kier alpha value is -2.04. The highest BCUT2D eigenvalue weighted by Gasteiger charge is 2.27. The molecule has 3 rings (SSSR count). The fourth-order valence-corrected chi connectivity index (χ4v) is 2.80. The van der Waals surface area contributed by atoms with E-state index in [1.165, 1.54) is 24.2 Å². The van der Waals surface area contributed by atoms with Crippen molar-refractivity contribution < 1.29 is 0 Å². The van der Waals surface area contributed by atoms with Gasteiger partial charge in [-0.25, -0.2) is 9.98 Å². The van der Waals surface area contributed by atoms with Crippen molar-refractivity contribution in [1.29, 1.82) is 0 Å². The first kappa shape index (κ1) is 14.9. The molecule has 22 heavy (non-hydrogen) atoms. The Morgan fingerprint density at radius 3 is 2.86 bits per heavy atom. The Balaban J connectivity index is 1.84. The fraction of sp³-hybridized carbons (Fsp3) is 0.529. The van der Waals surface area contributed by atoms with Crippen LogP contribution in [0.4, 0.5) is 0 Å². The molecule has 1 aromatic heterocycles. The predicted octanol–water partition coefficient (Wildman–Crippen LogP) is 2.75. The van der Waals surface area contributed by atoms with E-state index >= 15 is 0 Å². The average Bonchev–Trinajstić information content (AvgIpc) is 3.24. The van der Waals surface area contributed by atoms with E-state index in [2.05, 4.69) is 40.0 Å². The predicted molar refractivity (Wildman–Crippen MR) is 91.0 cm³/mol. The first-order chi connectivity index (χ1) is 10.6. The van der Waals surface area contributed by atoms with Gasteiger partial charge >= 0.3 is 0 Å². The van der Waals surface area contributed by atoms with Crippen LogP contribution in [-0.2, 0) is 13.0 Å². The van der Waals surface area contributed by atoms with E-state index in [9.17, 15) is 0 Å². The Morgan fingerprint density at radius 1 is 1.45 bits per heavy atom. The van der Waals surface area contributed by atoms with Crippen LogP contribution in [0, 0.1) is 0 Å². The number of hydrogen-bond acceptors (Lipinski definition) is 2. The van der Waals surface area contributed by atoms with Crippen LogP contribution in [-0.4, -0.2) is 21.6 Å². The highest BCUT2D eigenvalue weighted by atomic mass is 15.1. The summed E-state index contributed by atoms with van der Waals surface area (Å²) >= 11 is 0. The molecule has 0 amide bonds. The lowest BCUT2D eigenvalue weighted by Crippen LogP contribution is -2.36. The van der Waals surface area contributed by atoms with E-state index < -0.39 is 0 Å². The van der Waals surface area contributed by atoms with Gasteiger partial charge in [0.1, 0.15) is 5.82 Å². The molecule has 0 radical (unpaired) electrons. The van der Waals surface area contributed by atoms with Crippen molar-refractivity contribution in [2.75, 3.05) is 0 Å². The van der Waals surface area contributed by atoms with Gasteiger partial charge in [0, 0.05) is 18.5 Å². The summed E-state index contributed by atoms with van der Waals surface area (Å²) in [5, 5.41) is 3.10. The first-order valence-corrected chi connectivity index (χ1v) is 8.14. The monoisotopic (exact) mass is 299 g/mol. The highest BCUT2D eigenvalue weighted by Crippen LogP contribution is 2.38. The molecule has 1 aromatic carbocycles. The van der Waals surface area contributed by atoms with Crippen molar-refractivity contribution in [3.05, 3.63) is 29.6 Å². The molecule has 1 aliphatic rings. The molecule has 2 aromatic rings. The number of aliphatic imine (C=N–C) groups is 1. The summed E-state index contributed by atoms with van der Waals surface area (Å²) in [6.07, 6.45) is 3.54. The molecule has 0 spiro atoms. The SMILES string of the molecule is CCc1nc2cc(CN=C(N)NC(C)C)ccc2n1C1CC1. The Kier molecular flexibility index (Phi) is 4.05. The van der Waals surface area contributed by atoms with E-state index in [0.29, 0.717) is 24.6 Å². The molecule has 0 saturated heterocycles. The maximum atomic E-state index is 5.85. The number of fused-ring (bicyclic) bond motifs is 1. The minimum Gasteiger partial charge on any atom is -0.370 e. The lowest BCUT2D eigenvalue weighted by molar-refractivity contribution is 0.708. The summed E-state index contributed by atoms with van der Waals surface area (Å²) < 4.78 is 2.41. The van der Waals surface area contributed by atoms with Gasteiger partial charge in [-0.05, 0) is 44.4 Å². The van der Waals surface area contributed by atoms with Crippen LogP contribution in [0.5, 0.6) is 0 Å². The molecule has 118 valence electrons. The molecule has 1 fully saturated rings. The minimum atomic E-state index is 0.299. The number of guanidine groups is 1. The third kappa shape index (κ3) is 3.08. The molecule has 1 aliphatic carbocycles. The van der Waals surface area contributed by atoms with Crippen molar-refractivity contribution in [2.24, 2.45) is 10.7 Å². The Morgan fingerprint density at radius 2 is 2.23 bits per heavy atom. The minimum absolute atomic E-state index is 0.299. The lowest BCUT2D eigenvalue weighted by Gasteiger charge is -2.08. The standard InChI is InChI=1S/C17H25N5/c1-4-16-21-14-9-12(10-19-17(18)20-11(2)3)5-8-15(14)22(16)13-6-7-13/h5,8-9,11,13H,4,6-7,10H2,1-3H3,(H3,18,19,20). The summed E-state index contributed by atoms with van der Waals surface area (Å²) in [7, 11) is 0. The normalized spacial score (nSPS) is 15.7. The van der Waals surface area contributed by atoms with Gasteiger partial charge in [0.25, 0.3) is 0 Å². The van der Waals surface area contributed by atoms with Gasteiger partial charge in [-0.3, -0.25) is 0 Å². The molecule has 0 aliphatic heterocycles. The molecule has 0 unspecified atom stereocenters. The third-order valence-corrected chi connectivity index (χ3v) is 3.92. The molecule has 5 heteroatoms. The second-order valence-electron chi connectivity index (χ2n) is 6.31. The Bertz CT molecular complexity index is 694. The highest BCUT2D eigenvalue weighted by molar-refractivity contribution is 5.79. The molecule has 3 N–H and O–H groups in total. The van der Waals surface area contributed by atoms with Crippen molar-refractivity contribution in [1.82, 2.24) is 14.9 Å². The zero-order valence-electron chi connectivity index (χ0n) is 13.6. The van der Waals surface area contributed by atoms with Crippen molar-refractivity contribution >= 4 is 17.0 Å². The number of nitrogens with one attached hydrogen (secondary N) is 1.